The Kier molecular flexibility index (Phi) is 5.00. The second-order valence-electron chi connectivity index (χ2n) is 4.27. The van der Waals surface area contributed by atoms with E-state index in [1.165, 1.54) is 0 Å². The van der Waals surface area contributed by atoms with Gasteiger partial charge in [0.05, 0.1) is 6.54 Å². The Morgan fingerprint density at radius 3 is 2.25 bits per heavy atom. The average molecular weight is 271 g/mol. The van der Waals surface area contributed by atoms with Crippen LogP contribution >= 0.6 is 0 Å². The van der Waals surface area contributed by atoms with Gasteiger partial charge in [0.25, 0.3) is 0 Å². The van der Waals surface area contributed by atoms with Gasteiger partial charge in [0, 0.05) is 12.7 Å². The first-order valence-corrected chi connectivity index (χ1v) is 6.41. The highest BCUT2D eigenvalue weighted by atomic mass is 16.7. The van der Waals surface area contributed by atoms with Gasteiger partial charge < -0.3 is 14.4 Å². The first-order chi connectivity index (χ1) is 9.75. The van der Waals surface area contributed by atoms with Crippen LogP contribution in [0.1, 0.15) is 0 Å². The van der Waals surface area contributed by atoms with Crippen molar-refractivity contribution in [1.82, 2.24) is 0 Å². The van der Waals surface area contributed by atoms with E-state index in [1.807, 2.05) is 48.3 Å². The summed E-state index contributed by atoms with van der Waals surface area (Å²) in [6.07, 6.45) is -0.683. The van der Waals surface area contributed by atoms with E-state index in [1.54, 1.807) is 24.3 Å². The maximum atomic E-state index is 11.5. The lowest BCUT2D eigenvalue weighted by Crippen LogP contribution is -2.24. The summed E-state index contributed by atoms with van der Waals surface area (Å²) in [4.78, 5) is 13.5. The summed E-state index contributed by atoms with van der Waals surface area (Å²) >= 11 is 0. The standard InChI is InChI=1S/C16H17NO3/c1-17(14-8-4-2-5-9-14)12-13-19-16(18)20-15-10-6-3-7-11-15/h2-11H,12-13H2,1H3. The zero-order chi connectivity index (χ0) is 14.2. The Hall–Kier alpha value is -2.49. The van der Waals surface area contributed by atoms with Crippen molar-refractivity contribution < 1.29 is 14.3 Å². The summed E-state index contributed by atoms with van der Waals surface area (Å²) in [6, 6.07) is 18.8. The molecule has 0 aliphatic carbocycles. The molecule has 0 aliphatic rings. The highest BCUT2D eigenvalue weighted by Gasteiger charge is 2.06. The molecular formula is C16H17NO3. The first kappa shape index (κ1) is 13.9. The van der Waals surface area contributed by atoms with E-state index in [-0.39, 0.29) is 6.61 Å². The van der Waals surface area contributed by atoms with Gasteiger partial charge in [-0.15, -0.1) is 0 Å². The molecule has 0 aliphatic heterocycles. The number of benzene rings is 2. The summed E-state index contributed by atoms with van der Waals surface area (Å²) in [6.45, 7) is 0.880. The Labute approximate surface area is 118 Å². The van der Waals surface area contributed by atoms with E-state index in [0.717, 1.165) is 5.69 Å². The maximum Gasteiger partial charge on any atom is 0.513 e. The van der Waals surface area contributed by atoms with Crippen LogP contribution in [0.5, 0.6) is 5.75 Å². The Morgan fingerprint density at radius 2 is 1.60 bits per heavy atom. The molecule has 2 aromatic carbocycles. The largest absolute Gasteiger partial charge is 0.513 e. The van der Waals surface area contributed by atoms with Gasteiger partial charge in [0.2, 0.25) is 0 Å². The predicted molar refractivity (Wildman–Crippen MR) is 78.1 cm³/mol. The molecule has 0 fully saturated rings. The topological polar surface area (TPSA) is 38.8 Å². The molecule has 2 rings (SSSR count). The summed E-state index contributed by atoms with van der Waals surface area (Å²) < 4.78 is 10.1. The molecule has 20 heavy (non-hydrogen) atoms. The molecule has 0 N–H and O–H groups in total. The number of para-hydroxylation sites is 2. The van der Waals surface area contributed by atoms with Crippen LogP contribution in [0, 0.1) is 0 Å². The lowest BCUT2D eigenvalue weighted by molar-refractivity contribution is 0.102. The van der Waals surface area contributed by atoms with Gasteiger partial charge in [0.1, 0.15) is 12.4 Å². The fourth-order valence-electron chi connectivity index (χ4n) is 1.69. The van der Waals surface area contributed by atoms with Crippen molar-refractivity contribution in [3.05, 3.63) is 60.7 Å². The third-order valence-electron chi connectivity index (χ3n) is 2.79. The SMILES string of the molecule is CN(CCOC(=O)Oc1ccccc1)c1ccccc1. The van der Waals surface area contributed by atoms with Gasteiger partial charge in [-0.05, 0) is 24.3 Å². The summed E-state index contributed by atoms with van der Waals surface area (Å²) in [5.41, 5.74) is 1.08. The lowest BCUT2D eigenvalue weighted by atomic mass is 10.3. The van der Waals surface area contributed by atoms with Crippen LogP contribution in [0.4, 0.5) is 10.5 Å². The number of rotatable bonds is 5. The van der Waals surface area contributed by atoms with E-state index in [9.17, 15) is 4.79 Å². The van der Waals surface area contributed by atoms with Gasteiger partial charge in [-0.25, -0.2) is 4.79 Å². The fraction of sp³-hybridized carbons (Fsp3) is 0.188. The first-order valence-electron chi connectivity index (χ1n) is 6.41. The van der Waals surface area contributed by atoms with E-state index >= 15 is 0 Å². The second kappa shape index (κ2) is 7.19. The monoisotopic (exact) mass is 271 g/mol. The van der Waals surface area contributed by atoms with Crippen LogP contribution in [-0.4, -0.2) is 26.4 Å². The molecule has 104 valence electrons. The number of ether oxygens (including phenoxy) is 2. The van der Waals surface area contributed by atoms with Gasteiger partial charge in [-0.3, -0.25) is 0 Å². The van der Waals surface area contributed by atoms with Crippen molar-refractivity contribution in [2.75, 3.05) is 25.1 Å². The minimum absolute atomic E-state index is 0.275. The van der Waals surface area contributed by atoms with Crippen molar-refractivity contribution in [2.24, 2.45) is 0 Å². The number of hydrogen-bond acceptors (Lipinski definition) is 4. The second-order valence-corrected chi connectivity index (χ2v) is 4.27. The molecule has 2 aromatic rings. The van der Waals surface area contributed by atoms with E-state index in [4.69, 9.17) is 9.47 Å². The number of hydrogen-bond donors (Lipinski definition) is 0. The molecule has 0 spiro atoms. The van der Waals surface area contributed by atoms with Crippen LogP contribution in [0.25, 0.3) is 0 Å². The van der Waals surface area contributed by atoms with E-state index in [0.29, 0.717) is 12.3 Å². The van der Waals surface area contributed by atoms with E-state index < -0.39 is 6.16 Å². The molecule has 0 saturated carbocycles. The normalized spacial score (nSPS) is 9.85. The Balaban J connectivity index is 1.72. The molecule has 4 nitrogen and oxygen atoms in total. The highest BCUT2D eigenvalue weighted by Crippen LogP contribution is 2.11. The van der Waals surface area contributed by atoms with Crippen molar-refractivity contribution >= 4 is 11.8 Å². The molecular weight excluding hydrogens is 254 g/mol. The molecule has 0 amide bonds. The predicted octanol–water partition coefficient (Wildman–Crippen LogP) is 3.34. The molecule has 0 aromatic heterocycles. The zero-order valence-corrected chi connectivity index (χ0v) is 11.4. The minimum atomic E-state index is -0.683. The maximum absolute atomic E-state index is 11.5. The third kappa shape index (κ3) is 4.31. The van der Waals surface area contributed by atoms with Crippen molar-refractivity contribution in [3.8, 4) is 5.75 Å². The van der Waals surface area contributed by atoms with Crippen LogP contribution in [0.2, 0.25) is 0 Å². The summed E-state index contributed by atoms with van der Waals surface area (Å²) in [5.74, 6) is 0.480. The van der Waals surface area contributed by atoms with Crippen molar-refractivity contribution in [2.45, 2.75) is 0 Å². The lowest BCUT2D eigenvalue weighted by Gasteiger charge is -2.18. The number of carbonyl (C=O) groups is 1. The fourth-order valence-corrected chi connectivity index (χ4v) is 1.69. The smallest absolute Gasteiger partial charge is 0.432 e. The van der Waals surface area contributed by atoms with E-state index in [2.05, 4.69) is 0 Å². The minimum Gasteiger partial charge on any atom is -0.432 e. The van der Waals surface area contributed by atoms with Gasteiger partial charge in [-0.1, -0.05) is 36.4 Å². The zero-order valence-electron chi connectivity index (χ0n) is 11.4. The summed E-state index contributed by atoms with van der Waals surface area (Å²) in [7, 11) is 1.95. The Bertz CT molecular complexity index is 528. The van der Waals surface area contributed by atoms with Crippen LogP contribution in [0.3, 0.4) is 0 Å². The average Bonchev–Trinajstić information content (AvgIpc) is 2.49. The van der Waals surface area contributed by atoms with Crippen LogP contribution < -0.4 is 9.64 Å². The van der Waals surface area contributed by atoms with Crippen LogP contribution in [-0.2, 0) is 4.74 Å². The number of likely N-dealkylation sites (N-methyl/N-ethyl adjacent to an activating group) is 1. The molecule has 0 bridgehead atoms. The molecule has 4 heteroatoms. The third-order valence-corrected chi connectivity index (χ3v) is 2.79. The molecule has 0 unspecified atom stereocenters. The highest BCUT2D eigenvalue weighted by molar-refractivity contribution is 5.63. The van der Waals surface area contributed by atoms with Gasteiger partial charge >= 0.3 is 6.16 Å². The summed E-state index contributed by atoms with van der Waals surface area (Å²) in [5, 5.41) is 0. The van der Waals surface area contributed by atoms with Crippen molar-refractivity contribution in [3.63, 3.8) is 0 Å². The number of carbonyl (C=O) groups excluding carboxylic acids is 1. The molecule has 0 atom stereocenters. The number of nitrogens with zero attached hydrogens (tertiary/aromatic N) is 1. The molecule has 0 heterocycles. The quantitative estimate of drug-likeness (QED) is 0.617. The van der Waals surface area contributed by atoms with Gasteiger partial charge in [-0.2, -0.15) is 0 Å². The molecule has 0 saturated heterocycles. The molecule has 0 radical (unpaired) electrons. The Morgan fingerprint density at radius 1 is 1.00 bits per heavy atom. The van der Waals surface area contributed by atoms with Gasteiger partial charge in [0.15, 0.2) is 0 Å². The van der Waals surface area contributed by atoms with Crippen molar-refractivity contribution in [1.29, 1.82) is 0 Å². The number of anilines is 1. The van der Waals surface area contributed by atoms with Crippen LogP contribution in [0.15, 0.2) is 60.7 Å².